The van der Waals surface area contributed by atoms with E-state index >= 15 is 0 Å². The largest absolute Gasteiger partial charge is 0.0654 e. The molecule has 0 aliphatic heterocycles. The first-order chi connectivity index (χ1) is 22.8. The Balaban J connectivity index is 3.23. The lowest BCUT2D eigenvalue weighted by atomic mass is 9.92. The van der Waals surface area contributed by atoms with E-state index in [1.807, 2.05) is 0 Å². The minimum atomic E-state index is 1.02. The third-order valence-corrected chi connectivity index (χ3v) is 11.3. The minimum absolute atomic E-state index is 1.02. The number of hydrogen-bond donors (Lipinski definition) is 0. The van der Waals surface area contributed by atoms with Gasteiger partial charge in [0.25, 0.3) is 0 Å². The van der Waals surface area contributed by atoms with E-state index in [1.165, 1.54) is 270 Å². The van der Waals surface area contributed by atoms with E-state index in [4.69, 9.17) is 0 Å². The zero-order valence-corrected chi connectivity index (χ0v) is 33.3. The minimum Gasteiger partial charge on any atom is -0.0654 e. The first-order valence-corrected chi connectivity index (χ1v) is 22.8. The van der Waals surface area contributed by atoms with Crippen molar-refractivity contribution in [3.63, 3.8) is 0 Å². The second-order valence-corrected chi connectivity index (χ2v) is 15.9. The van der Waals surface area contributed by atoms with Crippen molar-refractivity contribution in [2.75, 3.05) is 0 Å². The molecule has 0 heterocycles. The molecule has 0 aromatic carbocycles. The molecule has 278 valence electrons. The lowest BCUT2D eigenvalue weighted by Crippen LogP contribution is -1.99. The quantitative estimate of drug-likeness (QED) is 0.0579. The lowest BCUT2D eigenvalue weighted by Gasteiger charge is -2.14. The molecular weight excluding hydrogens is 553 g/mol. The molecule has 0 aliphatic rings. The highest BCUT2D eigenvalue weighted by atomic mass is 14.1. The van der Waals surface area contributed by atoms with Crippen molar-refractivity contribution in [1.29, 1.82) is 0 Å². The molecule has 0 bridgehead atoms. The summed E-state index contributed by atoms with van der Waals surface area (Å²) in [6.45, 7) is 7.07. The molecule has 0 aliphatic carbocycles. The molecule has 0 rings (SSSR count). The van der Waals surface area contributed by atoms with Crippen LogP contribution in [0, 0.1) is 5.92 Å². The van der Waals surface area contributed by atoms with Crippen LogP contribution in [0.15, 0.2) is 0 Å². The fraction of sp³-hybridized carbons (Fsp3) is 1.00. The van der Waals surface area contributed by atoms with E-state index in [0.29, 0.717) is 0 Å². The van der Waals surface area contributed by atoms with Gasteiger partial charge in [-0.15, -0.1) is 0 Å². The molecule has 46 heavy (non-hydrogen) atoms. The zero-order chi connectivity index (χ0) is 33.3. The van der Waals surface area contributed by atoms with E-state index < -0.39 is 0 Å². The summed E-state index contributed by atoms with van der Waals surface area (Å²) >= 11 is 0. The molecule has 0 saturated carbocycles. The van der Waals surface area contributed by atoms with Gasteiger partial charge >= 0.3 is 0 Å². The third-order valence-electron chi connectivity index (χ3n) is 11.3. The summed E-state index contributed by atoms with van der Waals surface area (Å²) in [7, 11) is 0. The second kappa shape index (κ2) is 43.0. The van der Waals surface area contributed by atoms with Gasteiger partial charge in [0.15, 0.2) is 0 Å². The van der Waals surface area contributed by atoms with Crippen LogP contribution < -0.4 is 0 Å². The van der Waals surface area contributed by atoms with Gasteiger partial charge in [0.05, 0.1) is 0 Å². The molecule has 0 aromatic rings. The van der Waals surface area contributed by atoms with Gasteiger partial charge in [0.2, 0.25) is 0 Å². The Morgan fingerprint density at radius 3 is 0.500 bits per heavy atom. The fourth-order valence-corrected chi connectivity index (χ4v) is 7.75. The molecule has 0 saturated heterocycles. The first kappa shape index (κ1) is 46.0. The smallest absolute Gasteiger partial charge is 0.0417 e. The summed E-state index contributed by atoms with van der Waals surface area (Å²) in [5.41, 5.74) is 0. The van der Waals surface area contributed by atoms with E-state index in [2.05, 4.69) is 20.8 Å². The highest BCUT2D eigenvalue weighted by Gasteiger charge is 2.06. The topological polar surface area (TPSA) is 0 Å². The molecule has 1 unspecified atom stereocenters. The van der Waals surface area contributed by atoms with E-state index in [-0.39, 0.29) is 0 Å². The molecule has 0 radical (unpaired) electrons. The number of rotatable bonds is 42. The van der Waals surface area contributed by atoms with E-state index in [0.717, 1.165) is 5.92 Å². The molecule has 0 nitrogen and oxygen atoms in total. The Hall–Kier alpha value is 0. The van der Waals surface area contributed by atoms with Crippen LogP contribution in [0.25, 0.3) is 0 Å². The number of unbranched alkanes of at least 4 members (excludes halogenated alkanes) is 37. The van der Waals surface area contributed by atoms with Crippen LogP contribution in [-0.4, -0.2) is 0 Å². The molecule has 0 aromatic heterocycles. The van der Waals surface area contributed by atoms with Crippen LogP contribution in [0.4, 0.5) is 0 Å². The van der Waals surface area contributed by atoms with Gasteiger partial charge in [-0.3, -0.25) is 0 Å². The van der Waals surface area contributed by atoms with E-state index in [9.17, 15) is 0 Å². The van der Waals surface area contributed by atoms with Gasteiger partial charge < -0.3 is 0 Å². The fourth-order valence-electron chi connectivity index (χ4n) is 7.75. The molecule has 0 heteroatoms. The van der Waals surface area contributed by atoms with Crippen molar-refractivity contribution < 1.29 is 0 Å². The van der Waals surface area contributed by atoms with Crippen molar-refractivity contribution in [2.24, 2.45) is 5.92 Å². The van der Waals surface area contributed by atoms with E-state index in [1.54, 1.807) is 0 Å². The van der Waals surface area contributed by atoms with Gasteiger partial charge in [-0.2, -0.15) is 0 Å². The number of hydrogen-bond acceptors (Lipinski definition) is 0. The predicted octanol–water partition coefficient (Wildman–Crippen LogP) is 18.0. The van der Waals surface area contributed by atoms with Gasteiger partial charge in [-0.25, -0.2) is 0 Å². The standard InChI is InChI=1S/C46H94/c1-4-7-9-11-13-15-17-19-21-23-25-27-29-31-33-35-37-39-41-43-45-46(6-3)44-42-40-38-36-34-32-30-28-26-24-22-20-18-16-14-12-10-8-5-2/h46H,4-45H2,1-3H3. The zero-order valence-electron chi connectivity index (χ0n) is 33.3. The Morgan fingerprint density at radius 2 is 0.348 bits per heavy atom. The Bertz CT molecular complexity index is 494. The molecule has 0 fully saturated rings. The van der Waals surface area contributed by atoms with Crippen molar-refractivity contribution in [1.82, 2.24) is 0 Å². The summed E-state index contributed by atoms with van der Waals surface area (Å²) < 4.78 is 0. The maximum atomic E-state index is 2.44. The van der Waals surface area contributed by atoms with Crippen LogP contribution in [0.1, 0.15) is 290 Å². The highest BCUT2D eigenvalue weighted by Crippen LogP contribution is 2.22. The van der Waals surface area contributed by atoms with Gasteiger partial charge in [0.1, 0.15) is 0 Å². The molecule has 0 N–H and O–H groups in total. The maximum absolute atomic E-state index is 2.44. The third kappa shape index (κ3) is 40.2. The van der Waals surface area contributed by atoms with Crippen LogP contribution in [0.5, 0.6) is 0 Å². The summed E-state index contributed by atoms with van der Waals surface area (Å²) in [5.74, 6) is 1.02. The lowest BCUT2D eigenvalue weighted by molar-refractivity contribution is 0.392. The van der Waals surface area contributed by atoms with Gasteiger partial charge in [-0.1, -0.05) is 290 Å². The first-order valence-electron chi connectivity index (χ1n) is 22.8. The molecule has 1 atom stereocenters. The van der Waals surface area contributed by atoms with Crippen molar-refractivity contribution in [2.45, 2.75) is 290 Å². The summed E-state index contributed by atoms with van der Waals surface area (Å²) in [5, 5.41) is 0. The van der Waals surface area contributed by atoms with Crippen LogP contribution >= 0.6 is 0 Å². The monoisotopic (exact) mass is 647 g/mol. The molecule has 0 spiro atoms. The summed E-state index contributed by atoms with van der Waals surface area (Å²) in [4.78, 5) is 0. The summed E-state index contributed by atoms with van der Waals surface area (Å²) in [6, 6.07) is 0. The molecule has 0 amide bonds. The van der Waals surface area contributed by atoms with Crippen LogP contribution in [0.2, 0.25) is 0 Å². The van der Waals surface area contributed by atoms with Gasteiger partial charge in [-0.05, 0) is 5.92 Å². The van der Waals surface area contributed by atoms with Gasteiger partial charge in [0, 0.05) is 0 Å². The average molecular weight is 647 g/mol. The SMILES string of the molecule is CCCCCCCCCCCCCCCCCCCCCCC(CC)CCCCCCCCCCCCCCCCCCCCC. The van der Waals surface area contributed by atoms with Crippen molar-refractivity contribution in [3.05, 3.63) is 0 Å². The Morgan fingerprint density at radius 1 is 0.196 bits per heavy atom. The second-order valence-electron chi connectivity index (χ2n) is 15.9. The predicted molar refractivity (Wildman–Crippen MR) is 214 cm³/mol. The van der Waals surface area contributed by atoms with Crippen LogP contribution in [0.3, 0.4) is 0 Å². The molecular formula is C46H94. The highest BCUT2D eigenvalue weighted by molar-refractivity contribution is 4.60. The Kier molecular flexibility index (Phi) is 43.0. The average Bonchev–Trinajstić information content (AvgIpc) is 3.07. The van der Waals surface area contributed by atoms with Crippen molar-refractivity contribution in [3.8, 4) is 0 Å². The summed E-state index contributed by atoms with van der Waals surface area (Å²) in [6.07, 6.45) is 62.3. The van der Waals surface area contributed by atoms with Crippen molar-refractivity contribution >= 4 is 0 Å². The maximum Gasteiger partial charge on any atom is -0.0417 e. The Labute approximate surface area is 295 Å². The normalized spacial score (nSPS) is 12.3. The van der Waals surface area contributed by atoms with Crippen LogP contribution in [-0.2, 0) is 0 Å².